The second-order valence-electron chi connectivity index (χ2n) is 14.2. The fraction of sp³-hybridized carbons (Fsp3) is 0. The average Bonchev–Trinajstić information content (AvgIpc) is 3.62. The van der Waals surface area contributed by atoms with Crippen molar-refractivity contribution < 1.29 is 4.42 Å². The van der Waals surface area contributed by atoms with Crippen LogP contribution in [-0.4, -0.2) is 118 Å². The number of fused-ring (bicyclic) bond motifs is 3. The lowest BCUT2D eigenvalue weighted by Gasteiger charge is -2.33. The second kappa shape index (κ2) is 15.3. The number of anilines is 3. The van der Waals surface area contributed by atoms with Crippen LogP contribution in [-0.2, 0) is 0 Å². The number of hydrogen-bond acceptors (Lipinski definition) is 2. The van der Waals surface area contributed by atoms with Crippen LogP contribution in [0, 0.1) is 0 Å². The van der Waals surface area contributed by atoms with E-state index in [1.54, 1.807) is 12.1 Å². The van der Waals surface area contributed by atoms with E-state index < -0.39 is 0 Å². The smallest absolute Gasteiger partial charge is 0.136 e. The van der Waals surface area contributed by atoms with Gasteiger partial charge in [-0.25, -0.2) is 0 Å². The fourth-order valence-electron chi connectivity index (χ4n) is 7.60. The van der Waals surface area contributed by atoms with Crippen molar-refractivity contribution in [2.45, 2.75) is 0 Å². The first kappa shape index (κ1) is 40.9. The number of furan rings is 1. The van der Waals surface area contributed by atoms with E-state index in [0.717, 1.165) is 21.9 Å². The number of hydrogen-bond donors (Lipinski definition) is 0. The first-order valence-electron chi connectivity index (χ1n) is 18.0. The minimum Gasteiger partial charge on any atom is -0.456 e. The Balaban J connectivity index is 1.33. The van der Waals surface area contributed by atoms with Crippen molar-refractivity contribution in [3.63, 3.8) is 0 Å². The summed E-state index contributed by atoms with van der Waals surface area (Å²) in [7, 11) is 95.3. The van der Waals surface area contributed by atoms with Gasteiger partial charge in [-0.1, -0.05) is 75.2 Å². The molecule has 0 aliphatic heterocycles. The molecule has 7 aromatic carbocycles. The van der Waals surface area contributed by atoms with Crippen molar-refractivity contribution in [2.75, 3.05) is 4.90 Å². The maximum atomic E-state index is 6.68. The number of rotatable bonds is 6. The molecule has 1 aromatic heterocycles. The van der Waals surface area contributed by atoms with Crippen LogP contribution in [0.3, 0.4) is 0 Å². The van der Waals surface area contributed by atoms with Crippen LogP contribution in [0.5, 0.6) is 0 Å². The highest BCUT2D eigenvalue weighted by Crippen LogP contribution is 2.41. The lowest BCUT2D eigenvalue weighted by molar-refractivity contribution is 0.669. The molecule has 0 bridgehead atoms. The van der Waals surface area contributed by atoms with Gasteiger partial charge in [0.15, 0.2) is 0 Å². The molecule has 0 spiro atoms. The van der Waals surface area contributed by atoms with Gasteiger partial charge in [0.25, 0.3) is 0 Å². The highest BCUT2D eigenvalue weighted by Gasteiger charge is 2.23. The van der Waals surface area contributed by atoms with E-state index in [2.05, 4.69) is 0 Å². The fourth-order valence-corrected chi connectivity index (χ4v) is 7.60. The predicted octanol–water partition coefficient (Wildman–Crippen LogP) is -6.04. The third-order valence-corrected chi connectivity index (χ3v) is 10.9. The molecule has 17 heteroatoms. The van der Waals surface area contributed by atoms with Crippen LogP contribution in [0.25, 0.3) is 55.3 Å². The molecule has 1 heterocycles. The van der Waals surface area contributed by atoms with Crippen molar-refractivity contribution in [3.8, 4) is 33.4 Å². The standard InChI is InChI=1S/C42H14B15NO/c43-27-24(28(44)32(48)35(51)31(27)47)16-7-11-19(12-8-16)58(42-40(56)38(54)37(53)39(55)41(42)57)18-9-5-15(6-10-18)21-13-17(25-29(45)33(49)36(52)34(50)30(25)46)14-23-26(21)20-3-1-2-4-22(20)59-23/h1-14H. The first-order valence-corrected chi connectivity index (χ1v) is 18.0. The van der Waals surface area contributed by atoms with Gasteiger partial charge < -0.3 is 9.32 Å². The average molecular weight is 711 g/mol. The Morgan fingerprint density at radius 2 is 0.729 bits per heavy atom. The van der Waals surface area contributed by atoms with E-state index in [1.807, 2.05) is 77.7 Å². The summed E-state index contributed by atoms with van der Waals surface area (Å²) in [5.41, 5.74) is 8.49. The second-order valence-corrected chi connectivity index (χ2v) is 14.2. The maximum absolute atomic E-state index is 6.68. The number of benzene rings is 7. The summed E-state index contributed by atoms with van der Waals surface area (Å²) in [5.74, 6) is 0. The molecule has 0 atom stereocenters. The monoisotopic (exact) mass is 713 g/mol. The van der Waals surface area contributed by atoms with Gasteiger partial charge in [-0.05, 0) is 75.8 Å². The molecular weight excluding hydrogens is 697 g/mol. The van der Waals surface area contributed by atoms with E-state index >= 15 is 0 Å². The quantitative estimate of drug-likeness (QED) is 0.160. The van der Waals surface area contributed by atoms with Crippen LogP contribution in [0.1, 0.15) is 0 Å². The van der Waals surface area contributed by atoms with Crippen LogP contribution in [0.4, 0.5) is 17.1 Å². The zero-order valence-corrected chi connectivity index (χ0v) is 31.6. The van der Waals surface area contributed by atoms with Crippen molar-refractivity contribution in [3.05, 3.63) is 84.9 Å². The van der Waals surface area contributed by atoms with Crippen LogP contribution in [0.15, 0.2) is 89.3 Å². The predicted molar refractivity (Wildman–Crippen MR) is 266 cm³/mol. The van der Waals surface area contributed by atoms with E-state index in [1.165, 1.54) is 0 Å². The summed E-state index contributed by atoms with van der Waals surface area (Å²) >= 11 is 0. The summed E-state index contributed by atoms with van der Waals surface area (Å²) in [4.78, 5) is 1.81. The molecule has 238 valence electrons. The van der Waals surface area contributed by atoms with Gasteiger partial charge in [-0.3, -0.25) is 0 Å². The Bertz CT molecular complexity index is 2970. The van der Waals surface area contributed by atoms with Gasteiger partial charge in [0.05, 0.1) is 0 Å². The van der Waals surface area contributed by atoms with Gasteiger partial charge >= 0.3 is 0 Å². The normalized spacial score (nSPS) is 11.4. The van der Waals surface area contributed by atoms with Crippen LogP contribution < -0.4 is 86.8 Å². The lowest BCUT2D eigenvalue weighted by atomic mass is 9.59. The number of para-hydroxylation sites is 1. The molecule has 8 aromatic rings. The highest BCUT2D eigenvalue weighted by atomic mass is 16.3. The summed E-state index contributed by atoms with van der Waals surface area (Å²) in [5, 5.41) is 1.75. The topological polar surface area (TPSA) is 16.4 Å². The Morgan fingerprint density at radius 1 is 0.339 bits per heavy atom. The van der Waals surface area contributed by atoms with Crippen molar-refractivity contribution >= 4 is 239 Å². The van der Waals surface area contributed by atoms with Crippen molar-refractivity contribution in [1.82, 2.24) is 0 Å². The third-order valence-electron chi connectivity index (χ3n) is 10.9. The zero-order valence-electron chi connectivity index (χ0n) is 31.6. The molecule has 0 N–H and O–H groups in total. The lowest BCUT2D eigenvalue weighted by Crippen LogP contribution is -2.56. The third kappa shape index (κ3) is 6.50. The summed E-state index contributed by atoms with van der Waals surface area (Å²) in [6.07, 6.45) is 0. The largest absolute Gasteiger partial charge is 0.456 e. The molecule has 0 amide bonds. The van der Waals surface area contributed by atoms with Gasteiger partial charge in [0.2, 0.25) is 0 Å². The Morgan fingerprint density at radius 3 is 1.20 bits per heavy atom. The summed E-state index contributed by atoms with van der Waals surface area (Å²) < 4.78 is 6.38. The van der Waals surface area contributed by atoms with Gasteiger partial charge in [0.1, 0.15) is 129 Å². The molecule has 30 radical (unpaired) electrons. The molecule has 0 unspecified atom stereocenters. The van der Waals surface area contributed by atoms with Crippen LogP contribution >= 0.6 is 0 Å². The van der Waals surface area contributed by atoms with E-state index in [9.17, 15) is 0 Å². The Labute approximate surface area is 364 Å². The number of nitrogens with zero attached hydrogens (tertiary/aromatic N) is 1. The zero-order chi connectivity index (χ0) is 42.3. The molecule has 8 rings (SSSR count). The Kier molecular flexibility index (Phi) is 10.6. The molecular formula is C42H14B15NO. The SMILES string of the molecule is [B]c1c([B])c([B])c(-c2ccc(N(c3ccc(-c4cc(-c5c([B])c([B])c([B])c([B])c5[B])cc5oc6ccccc6c45)cc3)c3c([B])c([B])c([B])c([B])c3[B])cc2)c([B])c1[B]. The van der Waals surface area contributed by atoms with Gasteiger partial charge in [-0.2, -0.15) is 0 Å². The minimum absolute atomic E-state index is 0.0704. The molecule has 0 aliphatic carbocycles. The van der Waals surface area contributed by atoms with E-state index in [4.69, 9.17) is 122 Å². The Hall–Kier alpha value is -4.89. The van der Waals surface area contributed by atoms with E-state index in [-0.39, 0.29) is 81.9 Å². The van der Waals surface area contributed by atoms with E-state index in [0.29, 0.717) is 50.5 Å². The van der Waals surface area contributed by atoms with Crippen LogP contribution in [0.2, 0.25) is 0 Å². The molecule has 0 fully saturated rings. The molecule has 2 nitrogen and oxygen atoms in total. The molecule has 0 saturated carbocycles. The minimum atomic E-state index is 0.0704. The molecule has 0 aliphatic rings. The van der Waals surface area contributed by atoms with Gasteiger partial charge in [-0.15, -0.1) is 49.2 Å². The maximum Gasteiger partial charge on any atom is 0.136 e. The van der Waals surface area contributed by atoms with Gasteiger partial charge in [0, 0.05) is 27.8 Å². The summed E-state index contributed by atoms with van der Waals surface area (Å²) in [6, 6.07) is 26.4. The van der Waals surface area contributed by atoms with Crippen molar-refractivity contribution in [1.29, 1.82) is 0 Å². The summed E-state index contributed by atoms with van der Waals surface area (Å²) in [6.45, 7) is 0. The molecule has 59 heavy (non-hydrogen) atoms. The molecule has 0 saturated heterocycles. The first-order chi connectivity index (χ1) is 28.0. The highest BCUT2D eigenvalue weighted by molar-refractivity contribution is 6.71. The van der Waals surface area contributed by atoms with Crippen molar-refractivity contribution in [2.24, 2.45) is 0 Å².